The van der Waals surface area contributed by atoms with Crippen LogP contribution >= 0.6 is 0 Å². The van der Waals surface area contributed by atoms with Crippen molar-refractivity contribution < 1.29 is 4.79 Å². The van der Waals surface area contributed by atoms with Gasteiger partial charge in [-0.05, 0) is 42.0 Å². The second kappa shape index (κ2) is 5.85. The van der Waals surface area contributed by atoms with Crippen LogP contribution in [-0.2, 0) is 11.8 Å². The molecule has 0 aliphatic carbocycles. The summed E-state index contributed by atoms with van der Waals surface area (Å²) < 4.78 is 0. The standard InChI is InChI=1S/C20H24O/c1-14-6-7-15(2)18(12-14)19(21)13-16-8-10-17(11-9-16)20(3,4)5/h6-12H,13H2,1-5H3. The first-order valence-electron chi connectivity index (χ1n) is 7.47. The van der Waals surface area contributed by atoms with E-state index >= 15 is 0 Å². The molecule has 0 aliphatic rings. The van der Waals surface area contributed by atoms with Crippen LogP contribution < -0.4 is 0 Å². The van der Waals surface area contributed by atoms with Crippen molar-refractivity contribution in [3.05, 3.63) is 70.3 Å². The quantitative estimate of drug-likeness (QED) is 0.721. The first-order chi connectivity index (χ1) is 9.77. The number of hydrogen-bond donors (Lipinski definition) is 0. The van der Waals surface area contributed by atoms with Crippen LogP contribution in [0.1, 0.15) is 53.4 Å². The number of carbonyl (C=O) groups excluding carboxylic acids is 1. The lowest BCUT2D eigenvalue weighted by atomic mass is 9.86. The zero-order valence-electron chi connectivity index (χ0n) is 13.7. The van der Waals surface area contributed by atoms with Crippen LogP contribution in [0.25, 0.3) is 0 Å². The van der Waals surface area contributed by atoms with Gasteiger partial charge in [0.1, 0.15) is 0 Å². The Morgan fingerprint density at radius 3 is 2.14 bits per heavy atom. The zero-order chi connectivity index (χ0) is 15.6. The summed E-state index contributed by atoms with van der Waals surface area (Å²) in [6.45, 7) is 10.6. The fourth-order valence-electron chi connectivity index (χ4n) is 2.44. The highest BCUT2D eigenvalue weighted by Gasteiger charge is 2.14. The molecular weight excluding hydrogens is 256 g/mol. The van der Waals surface area contributed by atoms with Crippen LogP contribution in [0.5, 0.6) is 0 Å². The van der Waals surface area contributed by atoms with Crippen LogP contribution in [0.2, 0.25) is 0 Å². The first-order valence-corrected chi connectivity index (χ1v) is 7.47. The monoisotopic (exact) mass is 280 g/mol. The highest BCUT2D eigenvalue weighted by Crippen LogP contribution is 2.23. The predicted octanol–water partition coefficient (Wildman–Crippen LogP) is 5.03. The van der Waals surface area contributed by atoms with E-state index < -0.39 is 0 Å². The van der Waals surface area contributed by atoms with Gasteiger partial charge in [0.15, 0.2) is 5.78 Å². The van der Waals surface area contributed by atoms with Gasteiger partial charge in [-0.1, -0.05) is 62.7 Å². The average molecular weight is 280 g/mol. The molecule has 0 bridgehead atoms. The van der Waals surface area contributed by atoms with Crippen molar-refractivity contribution in [3.8, 4) is 0 Å². The van der Waals surface area contributed by atoms with Gasteiger partial charge in [0.2, 0.25) is 0 Å². The molecule has 0 aromatic heterocycles. The van der Waals surface area contributed by atoms with Crippen molar-refractivity contribution in [2.75, 3.05) is 0 Å². The molecule has 0 atom stereocenters. The highest BCUT2D eigenvalue weighted by molar-refractivity contribution is 5.98. The molecule has 0 fully saturated rings. The Balaban J connectivity index is 2.18. The Bertz CT molecular complexity index is 643. The van der Waals surface area contributed by atoms with E-state index in [1.54, 1.807) is 0 Å². The molecule has 0 unspecified atom stereocenters. The van der Waals surface area contributed by atoms with Crippen molar-refractivity contribution in [1.29, 1.82) is 0 Å². The summed E-state index contributed by atoms with van der Waals surface area (Å²) in [4.78, 5) is 12.5. The summed E-state index contributed by atoms with van der Waals surface area (Å²) >= 11 is 0. The third kappa shape index (κ3) is 3.81. The summed E-state index contributed by atoms with van der Waals surface area (Å²) in [6, 6.07) is 14.5. The summed E-state index contributed by atoms with van der Waals surface area (Å²) in [6.07, 6.45) is 0.467. The molecule has 2 aromatic rings. The average Bonchev–Trinajstić information content (AvgIpc) is 2.41. The maximum Gasteiger partial charge on any atom is 0.167 e. The number of ketones is 1. The number of hydrogen-bond acceptors (Lipinski definition) is 1. The number of rotatable bonds is 3. The lowest BCUT2D eigenvalue weighted by Gasteiger charge is -2.19. The van der Waals surface area contributed by atoms with Gasteiger partial charge in [-0.25, -0.2) is 0 Å². The maximum absolute atomic E-state index is 12.5. The van der Waals surface area contributed by atoms with Crippen LogP contribution in [0.4, 0.5) is 0 Å². The second-order valence-electron chi connectivity index (χ2n) is 6.87. The Morgan fingerprint density at radius 2 is 1.57 bits per heavy atom. The third-order valence-corrected chi connectivity index (χ3v) is 3.88. The molecule has 0 heterocycles. The number of Topliss-reactive ketones (excluding diaryl/α,β-unsaturated/α-hetero) is 1. The molecule has 0 amide bonds. The van der Waals surface area contributed by atoms with E-state index in [1.165, 1.54) is 5.56 Å². The number of aryl methyl sites for hydroxylation is 2. The number of carbonyl (C=O) groups is 1. The van der Waals surface area contributed by atoms with Gasteiger partial charge >= 0.3 is 0 Å². The van der Waals surface area contributed by atoms with Crippen molar-refractivity contribution in [1.82, 2.24) is 0 Å². The fourth-order valence-corrected chi connectivity index (χ4v) is 2.44. The smallest absolute Gasteiger partial charge is 0.167 e. The maximum atomic E-state index is 12.5. The summed E-state index contributed by atoms with van der Waals surface area (Å²) in [5.41, 5.74) is 5.55. The Labute approximate surface area is 128 Å². The normalized spacial score (nSPS) is 11.5. The fraction of sp³-hybridized carbons (Fsp3) is 0.350. The van der Waals surface area contributed by atoms with Crippen molar-refractivity contribution in [2.45, 2.75) is 46.5 Å². The minimum absolute atomic E-state index is 0.148. The van der Waals surface area contributed by atoms with Crippen molar-refractivity contribution in [2.24, 2.45) is 0 Å². The van der Waals surface area contributed by atoms with Crippen LogP contribution in [0.3, 0.4) is 0 Å². The molecule has 2 rings (SSSR count). The predicted molar refractivity (Wildman–Crippen MR) is 89.1 cm³/mol. The van der Waals surface area contributed by atoms with E-state index in [0.717, 1.165) is 22.3 Å². The van der Waals surface area contributed by atoms with Crippen LogP contribution in [0.15, 0.2) is 42.5 Å². The van der Waals surface area contributed by atoms with Gasteiger partial charge in [-0.2, -0.15) is 0 Å². The highest BCUT2D eigenvalue weighted by atomic mass is 16.1. The van der Waals surface area contributed by atoms with E-state index in [4.69, 9.17) is 0 Å². The molecule has 110 valence electrons. The topological polar surface area (TPSA) is 17.1 Å². The van der Waals surface area contributed by atoms with E-state index in [9.17, 15) is 4.79 Å². The van der Waals surface area contributed by atoms with E-state index in [0.29, 0.717) is 6.42 Å². The lowest BCUT2D eigenvalue weighted by Crippen LogP contribution is -2.11. The first kappa shape index (κ1) is 15.5. The second-order valence-corrected chi connectivity index (χ2v) is 6.87. The molecule has 0 saturated carbocycles. The largest absolute Gasteiger partial charge is 0.294 e. The lowest BCUT2D eigenvalue weighted by molar-refractivity contribution is 0.0992. The molecule has 21 heavy (non-hydrogen) atoms. The van der Waals surface area contributed by atoms with Gasteiger partial charge in [-0.15, -0.1) is 0 Å². The minimum atomic E-state index is 0.148. The molecular formula is C20H24O. The molecule has 0 saturated heterocycles. The van der Waals surface area contributed by atoms with Crippen molar-refractivity contribution >= 4 is 5.78 Å². The van der Waals surface area contributed by atoms with Gasteiger partial charge in [0.25, 0.3) is 0 Å². The third-order valence-electron chi connectivity index (χ3n) is 3.88. The molecule has 0 radical (unpaired) electrons. The Morgan fingerprint density at radius 1 is 0.952 bits per heavy atom. The van der Waals surface area contributed by atoms with Crippen LogP contribution in [-0.4, -0.2) is 5.78 Å². The van der Waals surface area contributed by atoms with E-state index in [2.05, 4.69) is 45.0 Å². The zero-order valence-corrected chi connectivity index (χ0v) is 13.7. The van der Waals surface area contributed by atoms with Gasteiger partial charge in [0.05, 0.1) is 0 Å². The molecule has 0 spiro atoms. The minimum Gasteiger partial charge on any atom is -0.294 e. The van der Waals surface area contributed by atoms with Crippen LogP contribution in [0, 0.1) is 13.8 Å². The molecule has 1 nitrogen and oxygen atoms in total. The molecule has 0 aliphatic heterocycles. The van der Waals surface area contributed by atoms with E-state index in [-0.39, 0.29) is 11.2 Å². The number of benzene rings is 2. The Kier molecular flexibility index (Phi) is 4.32. The van der Waals surface area contributed by atoms with Gasteiger partial charge in [0, 0.05) is 12.0 Å². The SMILES string of the molecule is Cc1ccc(C)c(C(=O)Cc2ccc(C(C)(C)C)cc2)c1. The van der Waals surface area contributed by atoms with E-state index in [1.807, 2.05) is 32.0 Å². The van der Waals surface area contributed by atoms with Gasteiger partial charge in [-0.3, -0.25) is 4.79 Å². The summed E-state index contributed by atoms with van der Waals surface area (Å²) in [5.74, 6) is 0.194. The molecule has 0 N–H and O–H groups in total. The molecule has 1 heteroatoms. The molecule has 2 aromatic carbocycles. The summed E-state index contributed by atoms with van der Waals surface area (Å²) in [5, 5.41) is 0. The summed E-state index contributed by atoms with van der Waals surface area (Å²) in [7, 11) is 0. The Hall–Kier alpha value is -1.89. The van der Waals surface area contributed by atoms with Crippen molar-refractivity contribution in [3.63, 3.8) is 0 Å². The van der Waals surface area contributed by atoms with Gasteiger partial charge < -0.3 is 0 Å².